The number of fused-ring (bicyclic) bond motifs is 1. The van der Waals surface area contributed by atoms with E-state index in [-0.39, 0.29) is 29.3 Å². The van der Waals surface area contributed by atoms with Gasteiger partial charge in [0.1, 0.15) is 17.2 Å². The average Bonchev–Trinajstić information content (AvgIpc) is 2.70. The minimum Gasteiger partial charge on any atom is -0.487 e. The maximum Gasteiger partial charge on any atom is 0.223 e. The van der Waals surface area contributed by atoms with Crippen LogP contribution in [0.3, 0.4) is 0 Å². The number of amides is 1. The van der Waals surface area contributed by atoms with Crippen molar-refractivity contribution in [3.8, 4) is 5.75 Å². The van der Waals surface area contributed by atoms with Gasteiger partial charge in [0.05, 0.1) is 6.04 Å². The second-order valence-electron chi connectivity index (χ2n) is 9.42. The van der Waals surface area contributed by atoms with Crippen molar-refractivity contribution in [2.24, 2.45) is 5.92 Å². The van der Waals surface area contributed by atoms with Crippen molar-refractivity contribution in [3.05, 3.63) is 63.9 Å². The molecule has 2 heterocycles. The van der Waals surface area contributed by atoms with Crippen LogP contribution >= 0.6 is 11.6 Å². The molecule has 4 rings (SSSR count). The topological polar surface area (TPSA) is 41.6 Å². The van der Waals surface area contributed by atoms with Crippen molar-refractivity contribution in [1.29, 1.82) is 0 Å². The molecule has 0 spiro atoms. The fraction of sp³-hybridized carbons (Fsp3) is 0.480. The molecule has 0 radical (unpaired) electrons. The van der Waals surface area contributed by atoms with E-state index in [4.69, 9.17) is 16.3 Å². The maximum absolute atomic E-state index is 14.1. The molecule has 1 N–H and O–H groups in total. The van der Waals surface area contributed by atoms with Crippen LogP contribution in [-0.4, -0.2) is 29.5 Å². The number of hydrogen-bond donors (Lipinski definition) is 1. The number of carbonyl (C=O) groups is 1. The van der Waals surface area contributed by atoms with Crippen LogP contribution in [-0.2, 0) is 11.3 Å². The van der Waals surface area contributed by atoms with Crippen LogP contribution in [0.15, 0.2) is 36.4 Å². The molecular weight excluding hydrogens is 415 g/mol. The number of nitrogens with zero attached hydrogens (tertiary/aromatic N) is 1. The minimum absolute atomic E-state index is 0.0350. The Balaban J connectivity index is 1.37. The van der Waals surface area contributed by atoms with Crippen molar-refractivity contribution in [3.63, 3.8) is 0 Å². The third kappa shape index (κ3) is 5.04. The molecule has 0 aromatic heterocycles. The first-order valence-electron chi connectivity index (χ1n) is 11.0. The van der Waals surface area contributed by atoms with Gasteiger partial charge in [0.15, 0.2) is 0 Å². The van der Waals surface area contributed by atoms with Gasteiger partial charge in [-0.15, -0.1) is 0 Å². The van der Waals surface area contributed by atoms with E-state index < -0.39 is 0 Å². The van der Waals surface area contributed by atoms with Crippen molar-refractivity contribution in [2.75, 3.05) is 13.1 Å². The molecule has 1 atom stereocenters. The van der Waals surface area contributed by atoms with E-state index in [0.29, 0.717) is 17.1 Å². The van der Waals surface area contributed by atoms with Crippen molar-refractivity contribution < 1.29 is 13.9 Å². The largest absolute Gasteiger partial charge is 0.487 e. The molecule has 0 saturated carbocycles. The number of likely N-dealkylation sites (tertiary alicyclic amines) is 1. The lowest BCUT2D eigenvalue weighted by atomic mass is 9.88. The second-order valence-corrected chi connectivity index (χ2v) is 9.83. The summed E-state index contributed by atoms with van der Waals surface area (Å²) in [6, 6.07) is 10.9. The highest BCUT2D eigenvalue weighted by atomic mass is 35.5. The summed E-state index contributed by atoms with van der Waals surface area (Å²) in [5.41, 5.74) is 2.39. The number of ether oxygens (including phenoxy) is 1. The summed E-state index contributed by atoms with van der Waals surface area (Å²) in [6.45, 7) is 8.13. The molecule has 166 valence electrons. The molecule has 0 aliphatic carbocycles. The molecule has 2 aliphatic rings. The Labute approximate surface area is 188 Å². The Morgan fingerprint density at radius 2 is 2.00 bits per heavy atom. The van der Waals surface area contributed by atoms with Crippen LogP contribution in [0.25, 0.3) is 0 Å². The van der Waals surface area contributed by atoms with Crippen molar-refractivity contribution in [2.45, 2.75) is 58.2 Å². The normalized spacial score (nSPS) is 21.3. The number of aryl methyl sites for hydroxylation is 1. The Hall–Kier alpha value is -2.11. The molecule has 1 amide bonds. The van der Waals surface area contributed by atoms with E-state index in [9.17, 15) is 9.18 Å². The smallest absolute Gasteiger partial charge is 0.223 e. The molecule has 2 aromatic rings. The number of piperidine rings is 1. The van der Waals surface area contributed by atoms with E-state index in [2.05, 4.69) is 36.2 Å². The summed E-state index contributed by atoms with van der Waals surface area (Å²) in [7, 11) is 0. The number of rotatable bonds is 4. The minimum atomic E-state index is -0.332. The summed E-state index contributed by atoms with van der Waals surface area (Å²) < 4.78 is 20.2. The third-order valence-electron chi connectivity index (χ3n) is 6.34. The molecule has 1 fully saturated rings. The number of nitrogens with one attached hydrogen (secondary N) is 1. The van der Waals surface area contributed by atoms with Gasteiger partial charge in [0.2, 0.25) is 5.91 Å². The van der Waals surface area contributed by atoms with E-state index in [1.165, 1.54) is 6.07 Å². The molecule has 1 saturated heterocycles. The summed E-state index contributed by atoms with van der Waals surface area (Å²) in [5, 5.41) is 3.74. The van der Waals surface area contributed by atoms with Gasteiger partial charge < -0.3 is 10.1 Å². The number of hydrogen-bond acceptors (Lipinski definition) is 3. The van der Waals surface area contributed by atoms with E-state index in [0.717, 1.165) is 49.2 Å². The highest BCUT2D eigenvalue weighted by Crippen LogP contribution is 2.40. The zero-order valence-corrected chi connectivity index (χ0v) is 19.1. The molecule has 2 aromatic carbocycles. The Bertz CT molecular complexity index is 950. The summed E-state index contributed by atoms with van der Waals surface area (Å²) >= 11 is 6.17. The first kappa shape index (κ1) is 22.1. The Kier molecular flexibility index (Phi) is 6.27. The van der Waals surface area contributed by atoms with Crippen LogP contribution in [0.1, 0.15) is 55.8 Å². The Morgan fingerprint density at radius 1 is 1.26 bits per heavy atom. The monoisotopic (exact) mass is 444 g/mol. The fourth-order valence-corrected chi connectivity index (χ4v) is 4.86. The number of benzene rings is 2. The summed E-state index contributed by atoms with van der Waals surface area (Å²) in [6.07, 6.45) is 2.25. The van der Waals surface area contributed by atoms with Gasteiger partial charge in [-0.05, 0) is 70.5 Å². The van der Waals surface area contributed by atoms with Gasteiger partial charge >= 0.3 is 0 Å². The number of carbonyl (C=O) groups excluding carboxylic acids is 1. The molecular formula is C25H30ClFN2O2. The quantitative estimate of drug-likeness (QED) is 0.684. The SMILES string of the molecule is Cc1ccc2c(c1)OC(C)(C)CC2NC(=O)C1CCN(Cc2c(F)cccc2Cl)CC1. The summed E-state index contributed by atoms with van der Waals surface area (Å²) in [5.74, 6) is 0.645. The predicted octanol–water partition coefficient (Wildman–Crippen LogP) is 5.42. The molecule has 0 bridgehead atoms. The Morgan fingerprint density at radius 3 is 2.71 bits per heavy atom. The molecule has 2 aliphatic heterocycles. The zero-order valence-electron chi connectivity index (χ0n) is 18.4. The lowest BCUT2D eigenvalue weighted by Gasteiger charge is -2.39. The zero-order chi connectivity index (χ0) is 22.2. The fourth-order valence-electron chi connectivity index (χ4n) is 4.64. The van der Waals surface area contributed by atoms with Gasteiger partial charge in [-0.25, -0.2) is 4.39 Å². The average molecular weight is 445 g/mol. The van der Waals surface area contributed by atoms with Gasteiger partial charge in [-0.3, -0.25) is 9.69 Å². The maximum atomic E-state index is 14.1. The van der Waals surface area contributed by atoms with Gasteiger partial charge in [0, 0.05) is 35.0 Å². The molecule has 4 nitrogen and oxygen atoms in total. The van der Waals surface area contributed by atoms with Crippen LogP contribution in [0.4, 0.5) is 4.39 Å². The van der Waals surface area contributed by atoms with Crippen LogP contribution in [0.5, 0.6) is 5.75 Å². The predicted molar refractivity (Wildman–Crippen MR) is 121 cm³/mol. The van der Waals surface area contributed by atoms with E-state index in [1.807, 2.05) is 13.0 Å². The van der Waals surface area contributed by atoms with Gasteiger partial charge in [-0.1, -0.05) is 29.8 Å². The van der Waals surface area contributed by atoms with Crippen LogP contribution in [0.2, 0.25) is 5.02 Å². The second kappa shape index (κ2) is 8.79. The highest BCUT2D eigenvalue weighted by Gasteiger charge is 2.36. The lowest BCUT2D eigenvalue weighted by molar-refractivity contribution is -0.127. The molecule has 31 heavy (non-hydrogen) atoms. The van der Waals surface area contributed by atoms with Crippen molar-refractivity contribution >= 4 is 17.5 Å². The van der Waals surface area contributed by atoms with E-state index >= 15 is 0 Å². The van der Waals surface area contributed by atoms with Crippen LogP contribution < -0.4 is 10.1 Å². The van der Waals surface area contributed by atoms with Crippen LogP contribution in [0, 0.1) is 18.7 Å². The highest BCUT2D eigenvalue weighted by molar-refractivity contribution is 6.31. The molecule has 6 heteroatoms. The first-order valence-corrected chi connectivity index (χ1v) is 11.3. The van der Waals surface area contributed by atoms with Crippen molar-refractivity contribution in [1.82, 2.24) is 10.2 Å². The standard InChI is InChI=1S/C25H30ClFN2O2/c1-16-7-8-18-22(14-25(2,3)31-23(18)13-16)28-24(30)17-9-11-29(12-10-17)15-19-20(26)5-4-6-21(19)27/h4-8,13,17,22H,9-12,14-15H2,1-3H3,(H,28,30). The van der Waals surface area contributed by atoms with Gasteiger partial charge in [0.25, 0.3) is 0 Å². The molecule has 1 unspecified atom stereocenters. The van der Waals surface area contributed by atoms with E-state index in [1.54, 1.807) is 12.1 Å². The third-order valence-corrected chi connectivity index (χ3v) is 6.70. The van der Waals surface area contributed by atoms with Gasteiger partial charge in [-0.2, -0.15) is 0 Å². The summed E-state index contributed by atoms with van der Waals surface area (Å²) in [4.78, 5) is 15.2. The number of halogens is 2. The lowest BCUT2D eigenvalue weighted by Crippen LogP contribution is -2.45. The first-order chi connectivity index (χ1) is 14.7.